The van der Waals surface area contributed by atoms with Crippen molar-refractivity contribution >= 4 is 0 Å². The van der Waals surface area contributed by atoms with Gasteiger partial charge in [0, 0.05) is 12.0 Å². The fourth-order valence-electron chi connectivity index (χ4n) is 2.90. The third-order valence-electron chi connectivity index (χ3n) is 3.93. The summed E-state index contributed by atoms with van der Waals surface area (Å²) in [5.41, 5.74) is 3.14. The Bertz CT molecular complexity index is 809. The molecule has 3 aromatic rings. The van der Waals surface area contributed by atoms with Crippen molar-refractivity contribution in [2.24, 2.45) is 0 Å². The van der Waals surface area contributed by atoms with Gasteiger partial charge in [-0.3, -0.25) is 4.57 Å². The average Bonchev–Trinajstić information content (AvgIpc) is 2.97. The molecule has 2 heterocycles. The van der Waals surface area contributed by atoms with Gasteiger partial charge in [-0.15, -0.1) is 10.2 Å². The zero-order chi connectivity index (χ0) is 14.4. The largest absolute Gasteiger partial charge is 0.508 e. The highest BCUT2D eigenvalue weighted by atomic mass is 16.3. The van der Waals surface area contributed by atoms with E-state index in [1.807, 2.05) is 22.8 Å². The van der Waals surface area contributed by atoms with Crippen LogP contribution in [0.5, 0.6) is 11.5 Å². The molecule has 0 amide bonds. The molecule has 0 bridgehead atoms. The Kier molecular flexibility index (Phi) is 2.47. The van der Waals surface area contributed by atoms with Gasteiger partial charge in [0.2, 0.25) is 0 Å². The van der Waals surface area contributed by atoms with Crippen LogP contribution in [0.15, 0.2) is 48.8 Å². The average molecular weight is 279 g/mol. The van der Waals surface area contributed by atoms with Gasteiger partial charge in [-0.05, 0) is 35.7 Å². The Morgan fingerprint density at radius 1 is 1.00 bits per heavy atom. The lowest BCUT2D eigenvalue weighted by molar-refractivity contribution is 0.473. The van der Waals surface area contributed by atoms with E-state index in [1.165, 1.54) is 0 Å². The van der Waals surface area contributed by atoms with E-state index in [0.717, 1.165) is 29.1 Å². The predicted molar refractivity (Wildman–Crippen MR) is 76.7 cm³/mol. The maximum Gasteiger partial charge on any atom is 0.145 e. The minimum Gasteiger partial charge on any atom is -0.508 e. The van der Waals surface area contributed by atoms with E-state index >= 15 is 0 Å². The van der Waals surface area contributed by atoms with Crippen LogP contribution >= 0.6 is 0 Å². The zero-order valence-corrected chi connectivity index (χ0v) is 11.1. The molecule has 1 aliphatic heterocycles. The molecule has 2 aromatic carbocycles. The van der Waals surface area contributed by atoms with Gasteiger partial charge in [0.05, 0.1) is 5.69 Å². The number of hydrogen-bond donors (Lipinski definition) is 2. The Morgan fingerprint density at radius 3 is 2.57 bits per heavy atom. The third kappa shape index (κ3) is 1.86. The summed E-state index contributed by atoms with van der Waals surface area (Å²) in [6.45, 7) is 0. The number of aromatic hydroxyl groups is 2. The number of fused-ring (bicyclic) bond motifs is 3. The summed E-state index contributed by atoms with van der Waals surface area (Å²) in [6.07, 6.45) is 2.46. The van der Waals surface area contributed by atoms with E-state index in [-0.39, 0.29) is 17.4 Å². The van der Waals surface area contributed by atoms with Crippen molar-refractivity contribution in [3.63, 3.8) is 0 Å². The second-order valence-corrected chi connectivity index (χ2v) is 5.22. The Morgan fingerprint density at radius 2 is 1.76 bits per heavy atom. The standard InChI is InChI=1S/C16H13N3O2/c20-12-4-1-10(2-5-12)14-7-11-3-6-13(21)8-15(11)19-9-17-18-16(14)19/h1-6,8-9,14,20-21H,7H2. The number of rotatable bonds is 1. The molecule has 5 heteroatoms. The summed E-state index contributed by atoms with van der Waals surface area (Å²) in [7, 11) is 0. The van der Waals surface area contributed by atoms with Crippen molar-refractivity contribution in [1.82, 2.24) is 14.8 Å². The molecule has 104 valence electrons. The van der Waals surface area contributed by atoms with E-state index < -0.39 is 0 Å². The van der Waals surface area contributed by atoms with Gasteiger partial charge in [0.1, 0.15) is 23.7 Å². The van der Waals surface area contributed by atoms with Crippen molar-refractivity contribution in [2.45, 2.75) is 12.3 Å². The lowest BCUT2D eigenvalue weighted by atomic mass is 9.87. The number of nitrogens with zero attached hydrogens (tertiary/aromatic N) is 3. The topological polar surface area (TPSA) is 71.2 Å². The van der Waals surface area contributed by atoms with Gasteiger partial charge in [0.25, 0.3) is 0 Å². The molecular weight excluding hydrogens is 266 g/mol. The number of phenolic OH excluding ortho intramolecular Hbond substituents is 2. The van der Waals surface area contributed by atoms with Crippen LogP contribution in [-0.2, 0) is 6.42 Å². The summed E-state index contributed by atoms with van der Waals surface area (Å²) in [4.78, 5) is 0. The molecule has 21 heavy (non-hydrogen) atoms. The number of phenols is 2. The molecule has 0 saturated heterocycles. The molecule has 1 aromatic heterocycles. The number of benzene rings is 2. The summed E-state index contributed by atoms with van der Waals surface area (Å²) in [6, 6.07) is 12.5. The van der Waals surface area contributed by atoms with Crippen molar-refractivity contribution in [1.29, 1.82) is 0 Å². The van der Waals surface area contributed by atoms with Crippen LogP contribution in [0.3, 0.4) is 0 Å². The summed E-state index contributed by atoms with van der Waals surface area (Å²) < 4.78 is 1.91. The smallest absolute Gasteiger partial charge is 0.145 e. The van der Waals surface area contributed by atoms with Gasteiger partial charge in [-0.2, -0.15) is 0 Å². The maximum atomic E-state index is 9.68. The SMILES string of the molecule is Oc1ccc(C2Cc3ccc(O)cc3-n3cnnc32)cc1. The first-order valence-electron chi connectivity index (χ1n) is 6.73. The van der Waals surface area contributed by atoms with Crippen LogP contribution in [0.4, 0.5) is 0 Å². The molecule has 0 spiro atoms. The second kappa shape index (κ2) is 4.34. The molecule has 2 N–H and O–H groups in total. The van der Waals surface area contributed by atoms with Crippen LogP contribution in [0, 0.1) is 0 Å². The highest BCUT2D eigenvalue weighted by Gasteiger charge is 2.28. The lowest BCUT2D eigenvalue weighted by Gasteiger charge is -2.25. The third-order valence-corrected chi connectivity index (χ3v) is 3.93. The van der Waals surface area contributed by atoms with Gasteiger partial charge < -0.3 is 10.2 Å². The molecule has 0 aliphatic carbocycles. The first-order chi connectivity index (χ1) is 10.2. The fourth-order valence-corrected chi connectivity index (χ4v) is 2.90. The molecule has 0 radical (unpaired) electrons. The first kappa shape index (κ1) is 12.0. The second-order valence-electron chi connectivity index (χ2n) is 5.22. The Hall–Kier alpha value is -2.82. The van der Waals surface area contributed by atoms with Gasteiger partial charge in [-0.25, -0.2) is 0 Å². The monoisotopic (exact) mass is 279 g/mol. The Balaban J connectivity index is 1.87. The van der Waals surface area contributed by atoms with Gasteiger partial charge >= 0.3 is 0 Å². The van der Waals surface area contributed by atoms with Crippen molar-refractivity contribution < 1.29 is 10.2 Å². The molecular formula is C16H13N3O2. The van der Waals surface area contributed by atoms with Crippen molar-refractivity contribution in [3.05, 3.63) is 65.7 Å². The molecule has 4 rings (SSSR count). The summed E-state index contributed by atoms with van der Waals surface area (Å²) in [5.74, 6) is 1.42. The number of aromatic nitrogens is 3. The molecule has 5 nitrogen and oxygen atoms in total. The van der Waals surface area contributed by atoms with Gasteiger partial charge in [0.15, 0.2) is 0 Å². The summed E-state index contributed by atoms with van der Waals surface area (Å²) >= 11 is 0. The van der Waals surface area contributed by atoms with Crippen molar-refractivity contribution in [3.8, 4) is 17.2 Å². The maximum absolute atomic E-state index is 9.68. The minimum atomic E-state index is 0.0881. The first-order valence-corrected chi connectivity index (χ1v) is 6.73. The van der Waals surface area contributed by atoms with E-state index in [1.54, 1.807) is 30.6 Å². The molecule has 0 fully saturated rings. The van der Waals surface area contributed by atoms with Crippen LogP contribution < -0.4 is 0 Å². The summed E-state index contributed by atoms with van der Waals surface area (Å²) in [5, 5.41) is 27.4. The molecule has 1 unspecified atom stereocenters. The van der Waals surface area contributed by atoms with Crippen LogP contribution in [-0.4, -0.2) is 25.0 Å². The van der Waals surface area contributed by atoms with E-state index in [9.17, 15) is 10.2 Å². The normalized spacial score (nSPS) is 16.3. The molecule has 1 aliphatic rings. The van der Waals surface area contributed by atoms with Crippen molar-refractivity contribution in [2.75, 3.05) is 0 Å². The highest BCUT2D eigenvalue weighted by Crippen LogP contribution is 2.36. The van der Waals surface area contributed by atoms with E-state index in [4.69, 9.17) is 0 Å². The quantitative estimate of drug-likeness (QED) is 0.717. The molecule has 1 atom stereocenters. The van der Waals surface area contributed by atoms with E-state index in [0.29, 0.717) is 0 Å². The Labute approximate surface area is 121 Å². The minimum absolute atomic E-state index is 0.0881. The van der Waals surface area contributed by atoms with E-state index in [2.05, 4.69) is 10.2 Å². The predicted octanol–water partition coefficient (Wildman–Crippen LogP) is 2.37. The number of hydrogen-bond acceptors (Lipinski definition) is 4. The lowest BCUT2D eigenvalue weighted by Crippen LogP contribution is -2.18. The molecule has 0 saturated carbocycles. The van der Waals surface area contributed by atoms with Gasteiger partial charge in [-0.1, -0.05) is 18.2 Å². The fraction of sp³-hybridized carbons (Fsp3) is 0.125. The van der Waals surface area contributed by atoms with Crippen LogP contribution in [0.1, 0.15) is 22.9 Å². The van der Waals surface area contributed by atoms with Crippen LogP contribution in [0.25, 0.3) is 5.69 Å². The zero-order valence-electron chi connectivity index (χ0n) is 11.1. The van der Waals surface area contributed by atoms with Crippen LogP contribution in [0.2, 0.25) is 0 Å². The highest BCUT2D eigenvalue weighted by molar-refractivity contribution is 5.51.